The Hall–Kier alpha value is -1.55. The molecule has 0 N–H and O–H groups in total. The van der Waals surface area contributed by atoms with Gasteiger partial charge in [-0.1, -0.05) is 18.2 Å². The fourth-order valence-corrected chi connectivity index (χ4v) is 5.24. The summed E-state index contributed by atoms with van der Waals surface area (Å²) in [4.78, 5) is 0.865. The molecular formula is C21H25NO6S. The molecule has 4 heterocycles. The lowest BCUT2D eigenvalue weighted by Gasteiger charge is -2.26. The average Bonchev–Trinajstić information content (AvgIpc) is 3.35. The number of benzene rings is 1. The maximum Gasteiger partial charge on any atom is 0.297 e. The number of hydrogen-bond donors (Lipinski definition) is 0. The molecule has 7 nitrogen and oxygen atoms in total. The van der Waals surface area contributed by atoms with Crippen LogP contribution in [0.15, 0.2) is 30.3 Å². The molecule has 0 unspecified atom stereocenters. The molecule has 29 heavy (non-hydrogen) atoms. The molecule has 0 aliphatic carbocycles. The molecule has 0 spiro atoms. The van der Waals surface area contributed by atoms with Crippen LogP contribution < -0.4 is 0 Å². The Morgan fingerprint density at radius 2 is 1.79 bits per heavy atom. The van der Waals surface area contributed by atoms with Gasteiger partial charge in [0.25, 0.3) is 6.23 Å². The molecule has 5 atom stereocenters. The van der Waals surface area contributed by atoms with Crippen molar-refractivity contribution < 1.29 is 28.4 Å². The van der Waals surface area contributed by atoms with Gasteiger partial charge in [-0.05, 0) is 45.2 Å². The van der Waals surface area contributed by atoms with Crippen molar-refractivity contribution in [1.82, 2.24) is 0 Å². The Morgan fingerprint density at radius 1 is 1.03 bits per heavy atom. The molecular weight excluding hydrogens is 394 g/mol. The molecule has 8 heteroatoms. The van der Waals surface area contributed by atoms with Crippen LogP contribution in [0.1, 0.15) is 32.6 Å². The fraction of sp³-hybridized carbons (Fsp3) is 0.571. The van der Waals surface area contributed by atoms with Gasteiger partial charge in [-0.3, -0.25) is 0 Å². The normalized spacial score (nSPS) is 36.0. The number of ether oxygens (including phenoxy) is 5. The van der Waals surface area contributed by atoms with Crippen LogP contribution in [0.2, 0.25) is 0 Å². The first-order chi connectivity index (χ1) is 13.7. The summed E-state index contributed by atoms with van der Waals surface area (Å²) >= 11 is 1.57. The quantitative estimate of drug-likeness (QED) is 0.329. The summed E-state index contributed by atoms with van der Waals surface area (Å²) in [6, 6.07) is 10.1. The van der Waals surface area contributed by atoms with E-state index in [4.69, 9.17) is 23.7 Å². The lowest BCUT2D eigenvalue weighted by atomic mass is 10.1. The van der Waals surface area contributed by atoms with E-state index < -0.39 is 36.1 Å². The molecule has 2 aromatic rings. The van der Waals surface area contributed by atoms with E-state index in [2.05, 4.69) is 0 Å². The van der Waals surface area contributed by atoms with Crippen LogP contribution >= 0.6 is 11.3 Å². The third-order valence-corrected chi connectivity index (χ3v) is 6.46. The van der Waals surface area contributed by atoms with Crippen LogP contribution in [0, 0.1) is 5.21 Å². The Bertz CT molecular complexity index is 921. The van der Waals surface area contributed by atoms with Gasteiger partial charge in [0.05, 0.1) is 11.5 Å². The summed E-state index contributed by atoms with van der Waals surface area (Å²) in [5, 5.41) is 14.2. The molecule has 3 fully saturated rings. The molecule has 5 rings (SSSR count). The second-order valence-corrected chi connectivity index (χ2v) is 9.71. The van der Waals surface area contributed by atoms with E-state index in [0.717, 1.165) is 19.7 Å². The van der Waals surface area contributed by atoms with Crippen LogP contribution in [0.5, 0.6) is 0 Å². The molecule has 3 aliphatic rings. The van der Waals surface area contributed by atoms with Crippen molar-refractivity contribution in [2.75, 3.05) is 6.61 Å². The van der Waals surface area contributed by atoms with Crippen molar-refractivity contribution in [2.45, 2.75) is 69.9 Å². The minimum absolute atomic E-state index is 0.322. The zero-order chi connectivity index (χ0) is 20.4. The molecule has 1 aromatic heterocycles. The van der Waals surface area contributed by atoms with E-state index in [1.807, 2.05) is 58.0 Å². The summed E-state index contributed by atoms with van der Waals surface area (Å²) in [7, 11) is 0. The summed E-state index contributed by atoms with van der Waals surface area (Å²) in [6.45, 7) is 7.81. The Morgan fingerprint density at radius 3 is 2.52 bits per heavy atom. The fourth-order valence-electron chi connectivity index (χ4n) is 4.25. The van der Waals surface area contributed by atoms with Crippen LogP contribution in [-0.2, 0) is 23.7 Å². The molecule has 0 radical (unpaired) electrons. The summed E-state index contributed by atoms with van der Waals surface area (Å²) in [6.07, 6.45) is -0.919. The predicted octanol–water partition coefficient (Wildman–Crippen LogP) is 3.23. The SMILES string of the molecule is CC1(C)O[C@H]2[C@@H](O1)[C@H](/[N+]([O-])=C/c1cc3ccccc3s1)O[C@H]2[C@H]1COC(C)(C)O1. The van der Waals surface area contributed by atoms with Gasteiger partial charge in [0.2, 0.25) is 0 Å². The third kappa shape index (κ3) is 3.58. The molecule has 3 saturated heterocycles. The van der Waals surface area contributed by atoms with Crippen LogP contribution in [0.4, 0.5) is 0 Å². The third-order valence-electron chi connectivity index (χ3n) is 5.41. The zero-order valence-corrected chi connectivity index (χ0v) is 17.7. The maximum absolute atomic E-state index is 13.1. The van der Waals surface area contributed by atoms with Gasteiger partial charge >= 0.3 is 0 Å². The summed E-state index contributed by atoms with van der Waals surface area (Å²) in [5.74, 6) is -1.47. The highest BCUT2D eigenvalue weighted by Crippen LogP contribution is 2.42. The molecule has 0 bridgehead atoms. The van der Waals surface area contributed by atoms with Crippen molar-refractivity contribution >= 4 is 27.6 Å². The van der Waals surface area contributed by atoms with E-state index in [1.54, 1.807) is 17.6 Å². The minimum Gasteiger partial charge on any atom is -0.622 e. The largest absolute Gasteiger partial charge is 0.622 e. The molecule has 0 saturated carbocycles. The first kappa shape index (κ1) is 19.4. The number of rotatable bonds is 3. The van der Waals surface area contributed by atoms with E-state index in [0.29, 0.717) is 6.61 Å². The average molecular weight is 419 g/mol. The minimum atomic E-state index is -0.815. The first-order valence-electron chi connectivity index (χ1n) is 9.83. The van der Waals surface area contributed by atoms with Gasteiger partial charge in [-0.25, -0.2) is 0 Å². The molecule has 3 aliphatic heterocycles. The van der Waals surface area contributed by atoms with E-state index in [9.17, 15) is 5.21 Å². The highest BCUT2D eigenvalue weighted by molar-refractivity contribution is 7.20. The smallest absolute Gasteiger partial charge is 0.297 e. The Balaban J connectivity index is 1.42. The first-order valence-corrected chi connectivity index (χ1v) is 10.6. The van der Waals surface area contributed by atoms with Crippen LogP contribution in [0.25, 0.3) is 10.1 Å². The van der Waals surface area contributed by atoms with Crippen molar-refractivity contribution in [2.24, 2.45) is 0 Å². The molecule has 156 valence electrons. The Kier molecular flexibility index (Phi) is 4.51. The van der Waals surface area contributed by atoms with E-state index in [1.165, 1.54) is 0 Å². The zero-order valence-electron chi connectivity index (χ0n) is 16.9. The number of thiophene rings is 1. The van der Waals surface area contributed by atoms with Crippen molar-refractivity contribution in [1.29, 1.82) is 0 Å². The van der Waals surface area contributed by atoms with Gasteiger partial charge in [-0.2, -0.15) is 4.74 Å². The second kappa shape index (κ2) is 6.73. The lowest BCUT2D eigenvalue weighted by molar-refractivity contribution is -0.562. The highest BCUT2D eigenvalue weighted by atomic mass is 32.1. The van der Waals surface area contributed by atoms with E-state index in [-0.39, 0.29) is 6.10 Å². The Labute approximate surface area is 173 Å². The molecule has 0 amide bonds. The maximum atomic E-state index is 13.1. The van der Waals surface area contributed by atoms with Crippen molar-refractivity contribution in [3.8, 4) is 0 Å². The second-order valence-electron chi connectivity index (χ2n) is 8.60. The van der Waals surface area contributed by atoms with Gasteiger partial charge in [0.1, 0.15) is 18.3 Å². The van der Waals surface area contributed by atoms with E-state index >= 15 is 0 Å². The number of nitrogens with zero attached hydrogens (tertiary/aromatic N) is 1. The van der Waals surface area contributed by atoms with Crippen molar-refractivity contribution in [3.63, 3.8) is 0 Å². The lowest BCUT2D eigenvalue weighted by Crippen LogP contribution is -2.40. The van der Waals surface area contributed by atoms with Crippen molar-refractivity contribution in [3.05, 3.63) is 40.4 Å². The number of fused-ring (bicyclic) bond motifs is 2. The highest BCUT2D eigenvalue weighted by Gasteiger charge is 2.62. The summed E-state index contributed by atoms with van der Waals surface area (Å²) in [5.41, 5.74) is 0. The van der Waals surface area contributed by atoms with Gasteiger partial charge < -0.3 is 28.9 Å². The molecule has 1 aromatic carbocycles. The van der Waals surface area contributed by atoms with Crippen LogP contribution in [0.3, 0.4) is 0 Å². The standard InChI is InChI=1S/C21H25NO6S/c1-20(2)24-11-14(26-20)16-17-18(28-21(3,4)27-17)19(25-16)22(23)10-13-9-12-7-5-6-8-15(12)29-13/h5-10,14,16-19H,11H2,1-4H3/b22-10-/t14-,16+,17-,18-,19-/m1/s1. The number of hydrogen-bond acceptors (Lipinski definition) is 7. The van der Waals surface area contributed by atoms with Gasteiger partial charge in [0, 0.05) is 4.70 Å². The van der Waals surface area contributed by atoms with Crippen LogP contribution in [-0.4, -0.2) is 59.8 Å². The number of hydroxylamine groups is 1. The predicted molar refractivity (Wildman–Crippen MR) is 108 cm³/mol. The monoisotopic (exact) mass is 419 g/mol. The summed E-state index contributed by atoms with van der Waals surface area (Å²) < 4.78 is 31.9. The van der Waals surface area contributed by atoms with Gasteiger partial charge in [-0.15, -0.1) is 11.3 Å². The topological polar surface area (TPSA) is 72.2 Å². The van der Waals surface area contributed by atoms with Gasteiger partial charge in [0.15, 0.2) is 23.9 Å².